The van der Waals surface area contributed by atoms with Crippen LogP contribution in [0.3, 0.4) is 0 Å². The van der Waals surface area contributed by atoms with E-state index in [4.69, 9.17) is 16.1 Å². The van der Waals surface area contributed by atoms with Crippen molar-refractivity contribution in [1.82, 2.24) is 20.4 Å². The van der Waals surface area contributed by atoms with Crippen LogP contribution < -0.4 is 16.2 Å². The minimum Gasteiger partial charge on any atom is -0.360 e. The van der Waals surface area contributed by atoms with Gasteiger partial charge in [-0.25, -0.2) is 0 Å². The SMILES string of the molecule is Cc1onc2c1c(=O)n(C1CCCC(NC(=O)C(NC3Cc4ccccc4C3)c3ccccc3)C1)c1cccc(Cl)c21. The molecule has 214 valence electrons. The van der Waals surface area contributed by atoms with Crippen LogP contribution in [0.2, 0.25) is 5.02 Å². The van der Waals surface area contributed by atoms with Gasteiger partial charge in [0.05, 0.1) is 10.5 Å². The summed E-state index contributed by atoms with van der Waals surface area (Å²) in [5.41, 5.74) is 4.75. The van der Waals surface area contributed by atoms with Crippen molar-refractivity contribution < 1.29 is 9.32 Å². The number of hydrogen-bond acceptors (Lipinski definition) is 5. The Bertz CT molecular complexity index is 1820. The second-order valence-corrected chi connectivity index (χ2v) is 12.1. The molecule has 2 heterocycles. The lowest BCUT2D eigenvalue weighted by atomic mass is 9.89. The van der Waals surface area contributed by atoms with Crippen molar-refractivity contribution in [3.8, 4) is 0 Å². The van der Waals surface area contributed by atoms with Crippen LogP contribution in [0.1, 0.15) is 60.2 Å². The van der Waals surface area contributed by atoms with Crippen molar-refractivity contribution in [2.45, 2.75) is 69.6 Å². The highest BCUT2D eigenvalue weighted by Gasteiger charge is 2.32. The molecule has 0 saturated heterocycles. The van der Waals surface area contributed by atoms with Crippen molar-refractivity contribution in [3.63, 3.8) is 0 Å². The largest absolute Gasteiger partial charge is 0.360 e. The van der Waals surface area contributed by atoms with E-state index in [-0.39, 0.29) is 29.6 Å². The van der Waals surface area contributed by atoms with Crippen molar-refractivity contribution in [2.24, 2.45) is 0 Å². The van der Waals surface area contributed by atoms with Gasteiger partial charge < -0.3 is 14.4 Å². The summed E-state index contributed by atoms with van der Waals surface area (Å²) in [4.78, 5) is 27.8. The summed E-state index contributed by atoms with van der Waals surface area (Å²) in [5.74, 6) is 0.449. The number of benzene rings is 3. The van der Waals surface area contributed by atoms with Gasteiger partial charge in [0.1, 0.15) is 22.7 Å². The minimum absolute atomic E-state index is 0.0339. The highest BCUT2D eigenvalue weighted by Crippen LogP contribution is 2.35. The first-order valence-electron chi connectivity index (χ1n) is 14.7. The number of aryl methyl sites for hydroxylation is 1. The Morgan fingerprint density at radius 1 is 0.952 bits per heavy atom. The molecule has 0 aliphatic heterocycles. The molecule has 42 heavy (non-hydrogen) atoms. The predicted molar refractivity (Wildman–Crippen MR) is 165 cm³/mol. The molecule has 3 atom stereocenters. The summed E-state index contributed by atoms with van der Waals surface area (Å²) < 4.78 is 7.29. The smallest absolute Gasteiger partial charge is 0.264 e. The number of halogens is 1. The fourth-order valence-corrected chi connectivity index (χ4v) is 7.29. The van der Waals surface area contributed by atoms with Crippen LogP contribution >= 0.6 is 11.6 Å². The van der Waals surface area contributed by atoms with Crippen LogP contribution in [0.25, 0.3) is 21.8 Å². The lowest BCUT2D eigenvalue weighted by Crippen LogP contribution is -2.47. The van der Waals surface area contributed by atoms with E-state index in [0.717, 1.165) is 48.6 Å². The molecule has 8 heteroatoms. The molecule has 0 bridgehead atoms. The van der Waals surface area contributed by atoms with Crippen LogP contribution in [-0.2, 0) is 17.6 Å². The van der Waals surface area contributed by atoms with E-state index >= 15 is 0 Å². The number of rotatable bonds is 6. The van der Waals surface area contributed by atoms with E-state index in [2.05, 4.69) is 40.1 Å². The summed E-state index contributed by atoms with van der Waals surface area (Å²) >= 11 is 6.64. The minimum atomic E-state index is -0.468. The van der Waals surface area contributed by atoms with E-state index < -0.39 is 6.04 Å². The molecule has 2 aliphatic rings. The molecular formula is C34H33ClN4O3. The van der Waals surface area contributed by atoms with Gasteiger partial charge in [-0.15, -0.1) is 0 Å². The molecule has 3 aromatic carbocycles. The molecule has 3 unspecified atom stereocenters. The van der Waals surface area contributed by atoms with Gasteiger partial charge in [0.15, 0.2) is 0 Å². The normalized spacial score (nSPS) is 19.7. The maximum absolute atomic E-state index is 13.9. The van der Waals surface area contributed by atoms with E-state index in [1.165, 1.54) is 11.1 Å². The van der Waals surface area contributed by atoms with Crippen LogP contribution in [0.15, 0.2) is 82.1 Å². The Hall–Kier alpha value is -3.94. The Balaban J connectivity index is 1.16. The maximum Gasteiger partial charge on any atom is 0.264 e. The Kier molecular flexibility index (Phi) is 7.08. The molecule has 1 saturated carbocycles. The average Bonchev–Trinajstić information content (AvgIpc) is 3.60. The predicted octanol–water partition coefficient (Wildman–Crippen LogP) is 6.20. The number of carbonyl (C=O) groups excluding carboxylic acids is 1. The maximum atomic E-state index is 13.9. The Labute approximate surface area is 248 Å². The second kappa shape index (κ2) is 11.0. The first-order valence-corrected chi connectivity index (χ1v) is 15.1. The summed E-state index contributed by atoms with van der Waals surface area (Å²) in [6.07, 6.45) is 5.06. The molecule has 2 aromatic heterocycles. The Morgan fingerprint density at radius 3 is 2.45 bits per heavy atom. The molecule has 7 nitrogen and oxygen atoms in total. The zero-order chi connectivity index (χ0) is 28.8. The monoisotopic (exact) mass is 580 g/mol. The van der Waals surface area contributed by atoms with Crippen LogP contribution in [0.4, 0.5) is 0 Å². The van der Waals surface area contributed by atoms with Crippen LogP contribution in [0.5, 0.6) is 0 Å². The Morgan fingerprint density at radius 2 is 1.69 bits per heavy atom. The third-order valence-electron chi connectivity index (χ3n) is 8.99. The van der Waals surface area contributed by atoms with E-state index in [1.54, 1.807) is 6.92 Å². The summed E-state index contributed by atoms with van der Waals surface area (Å²) in [6, 6.07) is 23.6. The number of fused-ring (bicyclic) bond motifs is 4. The fraction of sp³-hybridized carbons (Fsp3) is 0.324. The lowest BCUT2D eigenvalue weighted by Gasteiger charge is -2.33. The van der Waals surface area contributed by atoms with Crippen molar-refractivity contribution in [2.75, 3.05) is 0 Å². The first kappa shape index (κ1) is 26.9. The molecular weight excluding hydrogens is 548 g/mol. The van der Waals surface area contributed by atoms with Gasteiger partial charge in [0.25, 0.3) is 5.56 Å². The van der Waals surface area contributed by atoms with E-state index in [0.29, 0.717) is 28.1 Å². The van der Waals surface area contributed by atoms with Gasteiger partial charge in [-0.1, -0.05) is 77.4 Å². The molecule has 7 rings (SSSR count). The van der Waals surface area contributed by atoms with Gasteiger partial charge in [-0.05, 0) is 74.3 Å². The zero-order valence-electron chi connectivity index (χ0n) is 23.5. The number of pyridine rings is 1. The van der Waals surface area contributed by atoms with Gasteiger partial charge in [0, 0.05) is 23.5 Å². The highest BCUT2D eigenvalue weighted by molar-refractivity contribution is 6.37. The van der Waals surface area contributed by atoms with Crippen molar-refractivity contribution in [3.05, 3.63) is 111 Å². The molecule has 5 aromatic rings. The first-order chi connectivity index (χ1) is 20.5. The van der Waals surface area contributed by atoms with Gasteiger partial charge in [-0.2, -0.15) is 0 Å². The standard InChI is InChI=1S/C34H33ClN4O3/c1-20-29-32(38-42-20)30-27(35)15-8-16-28(30)39(34(29)41)26-14-7-13-24(19-26)37-33(40)31(21-9-3-2-4-10-21)36-25-17-22-11-5-6-12-23(22)18-25/h2-6,8-12,15-16,24-26,31,36H,7,13-14,17-19H2,1H3,(H,37,40). The lowest BCUT2D eigenvalue weighted by molar-refractivity contribution is -0.124. The second-order valence-electron chi connectivity index (χ2n) is 11.7. The topological polar surface area (TPSA) is 89.2 Å². The van der Waals surface area contributed by atoms with E-state index in [9.17, 15) is 9.59 Å². The highest BCUT2D eigenvalue weighted by atomic mass is 35.5. The molecule has 2 N–H and O–H groups in total. The van der Waals surface area contributed by atoms with Gasteiger partial charge in [-0.3, -0.25) is 14.9 Å². The average molecular weight is 581 g/mol. The quantitative estimate of drug-likeness (QED) is 0.249. The van der Waals surface area contributed by atoms with E-state index in [1.807, 2.05) is 53.1 Å². The number of hydrogen-bond donors (Lipinski definition) is 2. The van der Waals surface area contributed by atoms with Crippen molar-refractivity contribution in [1.29, 1.82) is 0 Å². The van der Waals surface area contributed by atoms with Crippen molar-refractivity contribution >= 4 is 39.3 Å². The molecule has 1 amide bonds. The number of carbonyl (C=O) groups is 1. The number of nitrogens with zero attached hydrogens (tertiary/aromatic N) is 2. The molecule has 2 aliphatic carbocycles. The molecule has 1 fully saturated rings. The molecule has 0 spiro atoms. The van der Waals surface area contributed by atoms with Gasteiger partial charge >= 0.3 is 0 Å². The zero-order valence-corrected chi connectivity index (χ0v) is 24.2. The number of amides is 1. The summed E-state index contributed by atoms with van der Waals surface area (Å²) in [7, 11) is 0. The third-order valence-corrected chi connectivity index (χ3v) is 9.30. The summed E-state index contributed by atoms with van der Waals surface area (Å²) in [6.45, 7) is 1.76. The number of nitrogens with one attached hydrogen (secondary N) is 2. The number of aromatic nitrogens is 2. The van der Waals surface area contributed by atoms with Crippen LogP contribution in [0, 0.1) is 6.92 Å². The third kappa shape index (κ3) is 4.80. The van der Waals surface area contributed by atoms with Gasteiger partial charge in [0.2, 0.25) is 5.91 Å². The fourth-order valence-electron chi connectivity index (χ4n) is 7.03. The summed E-state index contributed by atoms with van der Waals surface area (Å²) in [5, 5.41) is 12.9. The molecule has 0 radical (unpaired) electrons. The van der Waals surface area contributed by atoms with Crippen LogP contribution in [-0.4, -0.2) is 27.7 Å².